The highest BCUT2D eigenvalue weighted by Crippen LogP contribution is 2.22. The molecule has 5 nitrogen and oxygen atoms in total. The smallest absolute Gasteiger partial charge is 0.312 e. The van der Waals surface area contributed by atoms with E-state index in [4.69, 9.17) is 0 Å². The molecule has 2 aromatic heterocycles. The number of rotatable bonds is 2. The van der Waals surface area contributed by atoms with E-state index in [1.165, 1.54) is 18.5 Å². The zero-order valence-corrected chi connectivity index (χ0v) is 8.98. The second kappa shape index (κ2) is 4.02. The van der Waals surface area contributed by atoms with E-state index in [-0.39, 0.29) is 17.2 Å². The fraction of sp³-hybridized carbons (Fsp3) is 0. The van der Waals surface area contributed by atoms with Crippen molar-refractivity contribution in [3.8, 4) is 0 Å². The average molecular weight is 247 g/mol. The quantitative estimate of drug-likeness (QED) is 0.682. The van der Waals surface area contributed by atoms with Gasteiger partial charge in [-0.15, -0.1) is 0 Å². The highest BCUT2D eigenvalue weighted by Gasteiger charge is 2.11. The molecular weight excluding hydrogens is 240 g/mol. The maximum atomic E-state index is 13.5. The molecule has 0 radical (unpaired) electrons. The zero-order valence-electron chi connectivity index (χ0n) is 8.98. The highest BCUT2D eigenvalue weighted by molar-refractivity contribution is 5.84. The van der Waals surface area contributed by atoms with E-state index < -0.39 is 11.9 Å². The standard InChI is InChI=1S/C11H7F2N5/c12-6-3-1-2-4-7(6)16-10-8-9(15-5-14-8)17-11(13)18-10/h1-5H,(H2,14,15,16,17,18). The Hall–Kier alpha value is -2.57. The fourth-order valence-electron chi connectivity index (χ4n) is 1.59. The third-order valence-electron chi connectivity index (χ3n) is 2.39. The number of para-hydroxylation sites is 1. The van der Waals surface area contributed by atoms with Gasteiger partial charge in [-0.05, 0) is 12.1 Å². The Balaban J connectivity index is 2.10. The Bertz CT molecular complexity index is 709. The third-order valence-corrected chi connectivity index (χ3v) is 2.39. The summed E-state index contributed by atoms with van der Waals surface area (Å²) in [5, 5.41) is 2.70. The van der Waals surface area contributed by atoms with Crippen molar-refractivity contribution in [2.24, 2.45) is 0 Å². The van der Waals surface area contributed by atoms with E-state index in [1.54, 1.807) is 12.1 Å². The van der Waals surface area contributed by atoms with Gasteiger partial charge in [-0.25, -0.2) is 9.37 Å². The molecule has 18 heavy (non-hydrogen) atoms. The Kier molecular flexibility index (Phi) is 2.36. The number of fused-ring (bicyclic) bond motifs is 1. The maximum Gasteiger partial charge on any atom is 0.312 e. The van der Waals surface area contributed by atoms with Crippen LogP contribution in [0.5, 0.6) is 0 Å². The molecule has 0 bridgehead atoms. The van der Waals surface area contributed by atoms with Crippen LogP contribution in [0.4, 0.5) is 20.3 Å². The molecule has 0 fully saturated rings. The number of hydrogen-bond donors (Lipinski definition) is 2. The Morgan fingerprint density at radius 1 is 1.11 bits per heavy atom. The van der Waals surface area contributed by atoms with Gasteiger partial charge in [-0.3, -0.25) is 0 Å². The van der Waals surface area contributed by atoms with E-state index in [1.807, 2.05) is 0 Å². The molecule has 0 amide bonds. The van der Waals surface area contributed by atoms with Crippen molar-refractivity contribution in [2.75, 3.05) is 5.32 Å². The van der Waals surface area contributed by atoms with Crippen molar-refractivity contribution in [3.05, 3.63) is 42.5 Å². The monoisotopic (exact) mass is 247 g/mol. The van der Waals surface area contributed by atoms with Crippen LogP contribution in [0.15, 0.2) is 30.6 Å². The molecule has 0 atom stereocenters. The Labute approximate surface area is 99.9 Å². The topological polar surface area (TPSA) is 66.5 Å². The number of H-pyrrole nitrogens is 1. The van der Waals surface area contributed by atoms with Crippen molar-refractivity contribution in [1.29, 1.82) is 0 Å². The first-order valence-corrected chi connectivity index (χ1v) is 5.12. The van der Waals surface area contributed by atoms with E-state index in [2.05, 4.69) is 25.3 Å². The summed E-state index contributed by atoms with van der Waals surface area (Å²) >= 11 is 0. The van der Waals surface area contributed by atoms with Crippen LogP contribution >= 0.6 is 0 Å². The second-order valence-corrected chi connectivity index (χ2v) is 3.55. The van der Waals surface area contributed by atoms with Gasteiger partial charge in [0, 0.05) is 0 Å². The van der Waals surface area contributed by atoms with Gasteiger partial charge in [0.15, 0.2) is 11.5 Å². The number of aromatic nitrogens is 4. The molecule has 0 aliphatic rings. The lowest BCUT2D eigenvalue weighted by Crippen LogP contribution is -2.00. The molecule has 0 saturated carbocycles. The summed E-state index contributed by atoms with van der Waals surface area (Å²) in [5.41, 5.74) is 0.799. The van der Waals surface area contributed by atoms with Crippen molar-refractivity contribution in [2.45, 2.75) is 0 Å². The highest BCUT2D eigenvalue weighted by atomic mass is 19.1. The van der Waals surface area contributed by atoms with Gasteiger partial charge in [0.1, 0.15) is 11.3 Å². The molecule has 1 aromatic carbocycles. The molecule has 0 spiro atoms. The molecular formula is C11H7F2N5. The number of aromatic amines is 1. The van der Waals surface area contributed by atoms with E-state index in [0.717, 1.165) is 0 Å². The van der Waals surface area contributed by atoms with E-state index in [0.29, 0.717) is 5.52 Å². The molecule has 0 unspecified atom stereocenters. The minimum atomic E-state index is -0.923. The van der Waals surface area contributed by atoms with Crippen LogP contribution in [-0.4, -0.2) is 19.9 Å². The number of nitrogens with one attached hydrogen (secondary N) is 2. The molecule has 0 saturated heterocycles. The predicted octanol–water partition coefficient (Wildman–Crippen LogP) is 2.37. The third kappa shape index (κ3) is 1.75. The molecule has 0 aliphatic carbocycles. The molecule has 2 heterocycles. The first-order valence-electron chi connectivity index (χ1n) is 5.12. The van der Waals surface area contributed by atoms with Gasteiger partial charge in [0.2, 0.25) is 0 Å². The van der Waals surface area contributed by atoms with Gasteiger partial charge >= 0.3 is 6.08 Å². The molecule has 7 heteroatoms. The van der Waals surface area contributed by atoms with E-state index in [9.17, 15) is 8.78 Å². The van der Waals surface area contributed by atoms with Crippen molar-refractivity contribution >= 4 is 22.7 Å². The maximum absolute atomic E-state index is 13.5. The number of imidazole rings is 1. The number of nitrogens with zero attached hydrogens (tertiary/aromatic N) is 3. The van der Waals surface area contributed by atoms with Crippen LogP contribution in [0, 0.1) is 11.9 Å². The van der Waals surface area contributed by atoms with Crippen LogP contribution < -0.4 is 5.32 Å². The number of benzene rings is 1. The SMILES string of the molecule is Fc1nc(Nc2ccccc2F)c2[nH]cnc2n1. The summed E-state index contributed by atoms with van der Waals surface area (Å²) in [5.74, 6) is -0.315. The van der Waals surface area contributed by atoms with Crippen molar-refractivity contribution < 1.29 is 8.78 Å². The number of halogens is 2. The molecule has 2 N–H and O–H groups in total. The summed E-state index contributed by atoms with van der Waals surface area (Å²) < 4.78 is 26.6. The molecule has 90 valence electrons. The molecule has 3 aromatic rings. The van der Waals surface area contributed by atoms with Gasteiger partial charge in [0.25, 0.3) is 0 Å². The molecule has 3 rings (SSSR count). The van der Waals surface area contributed by atoms with Crippen molar-refractivity contribution in [1.82, 2.24) is 19.9 Å². The number of hydrogen-bond acceptors (Lipinski definition) is 4. The summed E-state index contributed by atoms with van der Waals surface area (Å²) in [4.78, 5) is 13.7. The van der Waals surface area contributed by atoms with Crippen LogP contribution in [0.25, 0.3) is 11.2 Å². The summed E-state index contributed by atoms with van der Waals surface area (Å²) in [7, 11) is 0. The largest absolute Gasteiger partial charge is 0.340 e. The molecule has 0 aliphatic heterocycles. The average Bonchev–Trinajstić information content (AvgIpc) is 2.80. The fourth-order valence-corrected chi connectivity index (χ4v) is 1.59. The second-order valence-electron chi connectivity index (χ2n) is 3.55. The Morgan fingerprint density at radius 3 is 2.78 bits per heavy atom. The first-order chi connectivity index (χ1) is 8.74. The summed E-state index contributed by atoms with van der Waals surface area (Å²) in [6, 6.07) is 6.04. The minimum absolute atomic E-state index is 0.139. The van der Waals surface area contributed by atoms with Crippen LogP contribution in [0.3, 0.4) is 0 Å². The lowest BCUT2D eigenvalue weighted by atomic mass is 10.3. The zero-order chi connectivity index (χ0) is 12.5. The van der Waals surface area contributed by atoms with Gasteiger partial charge in [0.05, 0.1) is 12.0 Å². The lowest BCUT2D eigenvalue weighted by Gasteiger charge is -2.06. The predicted molar refractivity (Wildman–Crippen MR) is 61.3 cm³/mol. The van der Waals surface area contributed by atoms with Crippen LogP contribution in [-0.2, 0) is 0 Å². The summed E-state index contributed by atoms with van der Waals surface area (Å²) in [6.07, 6.45) is 0.444. The number of anilines is 2. The first kappa shape index (κ1) is 10.6. The Morgan fingerprint density at radius 2 is 1.94 bits per heavy atom. The van der Waals surface area contributed by atoms with Gasteiger partial charge in [-0.1, -0.05) is 12.1 Å². The minimum Gasteiger partial charge on any atom is -0.340 e. The lowest BCUT2D eigenvalue weighted by molar-refractivity contribution is 0.545. The van der Waals surface area contributed by atoms with Crippen molar-refractivity contribution in [3.63, 3.8) is 0 Å². The van der Waals surface area contributed by atoms with Crippen LogP contribution in [0.2, 0.25) is 0 Å². The summed E-state index contributed by atoms with van der Waals surface area (Å²) in [6.45, 7) is 0. The van der Waals surface area contributed by atoms with Crippen LogP contribution in [0.1, 0.15) is 0 Å². The normalized spacial score (nSPS) is 10.8. The van der Waals surface area contributed by atoms with E-state index >= 15 is 0 Å². The van der Waals surface area contributed by atoms with Gasteiger partial charge in [-0.2, -0.15) is 14.4 Å². The van der Waals surface area contributed by atoms with Gasteiger partial charge < -0.3 is 10.3 Å².